The Labute approximate surface area is 114 Å². The van der Waals surface area contributed by atoms with Crippen LogP contribution in [0.15, 0.2) is 36.0 Å². The van der Waals surface area contributed by atoms with E-state index in [0.29, 0.717) is 0 Å². The van der Waals surface area contributed by atoms with Crippen molar-refractivity contribution in [1.29, 1.82) is 0 Å². The molecule has 0 amide bonds. The molecule has 0 saturated heterocycles. The average molecular weight is 250 g/mol. The van der Waals surface area contributed by atoms with Crippen molar-refractivity contribution in [1.82, 2.24) is 0 Å². The highest BCUT2D eigenvalue weighted by molar-refractivity contribution is 5.02. The van der Waals surface area contributed by atoms with E-state index in [9.17, 15) is 0 Å². The first-order valence-electron chi connectivity index (χ1n) is 7.14. The lowest BCUT2D eigenvalue weighted by Gasteiger charge is -2.02. The molecule has 1 nitrogen and oxygen atoms in total. The normalized spacial score (nSPS) is 11.4. The van der Waals surface area contributed by atoms with Crippen molar-refractivity contribution in [3.8, 4) is 0 Å². The highest BCUT2D eigenvalue weighted by atomic mass is 16.5. The molecule has 0 aromatic rings. The Balaban J connectivity index is 3.39. The molecule has 0 atom stereocenters. The third-order valence-corrected chi connectivity index (χ3v) is 2.84. The van der Waals surface area contributed by atoms with Crippen molar-refractivity contribution >= 4 is 0 Å². The molecule has 18 heavy (non-hydrogen) atoms. The van der Waals surface area contributed by atoms with Crippen LogP contribution in [0.2, 0.25) is 0 Å². The molecule has 0 unspecified atom stereocenters. The summed E-state index contributed by atoms with van der Waals surface area (Å²) in [6.07, 6.45) is 13.6. The van der Waals surface area contributed by atoms with Gasteiger partial charge in [0.05, 0.1) is 6.61 Å². The third-order valence-electron chi connectivity index (χ3n) is 2.84. The Kier molecular flexibility index (Phi) is 12.1. The van der Waals surface area contributed by atoms with E-state index in [-0.39, 0.29) is 0 Å². The summed E-state index contributed by atoms with van der Waals surface area (Å²) < 4.78 is 5.59. The van der Waals surface area contributed by atoms with Gasteiger partial charge in [0.1, 0.15) is 0 Å². The lowest BCUT2D eigenvalue weighted by molar-refractivity contribution is 0.157. The van der Waals surface area contributed by atoms with Gasteiger partial charge < -0.3 is 4.74 Å². The van der Waals surface area contributed by atoms with Gasteiger partial charge >= 0.3 is 0 Å². The Bertz CT molecular complexity index is 257. The topological polar surface area (TPSA) is 9.23 Å². The van der Waals surface area contributed by atoms with E-state index in [2.05, 4.69) is 39.5 Å². The van der Waals surface area contributed by atoms with Gasteiger partial charge in [-0.1, -0.05) is 35.8 Å². The van der Waals surface area contributed by atoms with Crippen molar-refractivity contribution in [2.75, 3.05) is 13.2 Å². The van der Waals surface area contributed by atoms with E-state index in [4.69, 9.17) is 4.74 Å². The van der Waals surface area contributed by atoms with E-state index in [1.165, 1.54) is 30.4 Å². The number of unbranched alkanes of at least 4 members (excludes halogenated alkanes) is 3. The minimum Gasteiger partial charge on any atom is -0.377 e. The summed E-state index contributed by atoms with van der Waals surface area (Å²) in [5, 5.41) is 0. The molecule has 0 saturated carbocycles. The fraction of sp³-hybridized carbons (Fsp3) is 0.647. The van der Waals surface area contributed by atoms with Gasteiger partial charge in [-0.05, 0) is 52.9 Å². The molecule has 1 heteroatoms. The molecule has 0 bridgehead atoms. The molecule has 0 N–H and O–H groups in total. The second-order valence-electron chi connectivity index (χ2n) is 5.08. The van der Waals surface area contributed by atoms with Gasteiger partial charge in [-0.15, -0.1) is 6.58 Å². The molecule has 0 aromatic heterocycles. The highest BCUT2D eigenvalue weighted by Gasteiger charge is 1.91. The zero-order valence-electron chi connectivity index (χ0n) is 12.5. The molecule has 0 aromatic carbocycles. The van der Waals surface area contributed by atoms with Crippen molar-refractivity contribution in [2.24, 2.45) is 0 Å². The largest absolute Gasteiger partial charge is 0.377 e. The molecule has 0 aliphatic carbocycles. The van der Waals surface area contributed by atoms with Crippen LogP contribution in [0.25, 0.3) is 0 Å². The maximum atomic E-state index is 5.59. The van der Waals surface area contributed by atoms with Crippen molar-refractivity contribution in [3.63, 3.8) is 0 Å². The van der Waals surface area contributed by atoms with Crippen LogP contribution >= 0.6 is 0 Å². The lowest BCUT2D eigenvalue weighted by Crippen LogP contribution is -1.95. The van der Waals surface area contributed by atoms with Gasteiger partial charge in [0.25, 0.3) is 0 Å². The molecular formula is C17H30O. The number of hydrogen-bond donors (Lipinski definition) is 0. The van der Waals surface area contributed by atoms with Crippen LogP contribution < -0.4 is 0 Å². The van der Waals surface area contributed by atoms with Crippen LogP contribution in [0.5, 0.6) is 0 Å². The van der Waals surface area contributed by atoms with Gasteiger partial charge in [-0.25, -0.2) is 0 Å². The summed E-state index contributed by atoms with van der Waals surface area (Å²) >= 11 is 0. The van der Waals surface area contributed by atoms with Gasteiger partial charge in [-0.2, -0.15) is 0 Å². The minimum absolute atomic E-state index is 0.766. The molecule has 0 rings (SSSR count). The quantitative estimate of drug-likeness (QED) is 0.350. The molecule has 0 aliphatic rings. The van der Waals surface area contributed by atoms with Crippen LogP contribution in [-0.4, -0.2) is 13.2 Å². The van der Waals surface area contributed by atoms with Gasteiger partial charge in [0, 0.05) is 6.61 Å². The molecule has 0 radical (unpaired) electrons. The fourth-order valence-electron chi connectivity index (χ4n) is 1.64. The number of rotatable bonds is 11. The van der Waals surface area contributed by atoms with Crippen LogP contribution in [0.1, 0.15) is 59.3 Å². The third kappa shape index (κ3) is 13.2. The van der Waals surface area contributed by atoms with E-state index in [1.807, 2.05) is 6.08 Å². The molecule has 0 heterocycles. The van der Waals surface area contributed by atoms with Gasteiger partial charge in [-0.3, -0.25) is 0 Å². The fourth-order valence-corrected chi connectivity index (χ4v) is 1.64. The first kappa shape index (κ1) is 17.2. The summed E-state index contributed by atoms with van der Waals surface area (Å²) in [6, 6.07) is 0. The van der Waals surface area contributed by atoms with E-state index >= 15 is 0 Å². The predicted octanol–water partition coefficient (Wildman–Crippen LogP) is 5.44. The molecule has 0 fully saturated rings. The van der Waals surface area contributed by atoms with Crippen LogP contribution in [0, 0.1) is 0 Å². The average Bonchev–Trinajstić information content (AvgIpc) is 2.32. The second-order valence-corrected chi connectivity index (χ2v) is 5.08. The Hall–Kier alpha value is -0.820. The smallest absolute Gasteiger partial charge is 0.0649 e. The zero-order chi connectivity index (χ0) is 13.6. The summed E-state index contributed by atoms with van der Waals surface area (Å²) in [5.74, 6) is 0. The van der Waals surface area contributed by atoms with E-state index < -0.39 is 0 Å². The Morgan fingerprint density at radius 2 is 1.78 bits per heavy atom. The molecular weight excluding hydrogens is 220 g/mol. The Morgan fingerprint density at radius 1 is 1.00 bits per heavy atom. The Morgan fingerprint density at radius 3 is 2.44 bits per heavy atom. The number of allylic oxidation sites excluding steroid dienone is 4. The van der Waals surface area contributed by atoms with Crippen molar-refractivity contribution in [3.05, 3.63) is 36.0 Å². The lowest BCUT2D eigenvalue weighted by atomic mass is 10.1. The second kappa shape index (κ2) is 12.6. The van der Waals surface area contributed by atoms with Gasteiger partial charge in [0.15, 0.2) is 0 Å². The van der Waals surface area contributed by atoms with Crippen molar-refractivity contribution in [2.45, 2.75) is 59.3 Å². The van der Waals surface area contributed by atoms with Crippen LogP contribution in [-0.2, 0) is 4.74 Å². The summed E-state index contributed by atoms with van der Waals surface area (Å²) in [5.41, 5.74) is 2.83. The van der Waals surface area contributed by atoms with Crippen LogP contribution in [0.4, 0.5) is 0 Å². The first-order valence-corrected chi connectivity index (χ1v) is 7.14. The van der Waals surface area contributed by atoms with Crippen LogP contribution in [0.3, 0.4) is 0 Å². The number of ether oxygens (including phenoxy) is 1. The SMILES string of the molecule is C=CCCCCCOC/C=C(\C)CCC=C(C)C. The maximum absolute atomic E-state index is 5.59. The monoisotopic (exact) mass is 250 g/mol. The molecule has 0 spiro atoms. The van der Waals surface area contributed by atoms with Gasteiger partial charge in [0.2, 0.25) is 0 Å². The van der Waals surface area contributed by atoms with E-state index in [0.717, 1.165) is 32.5 Å². The standard InChI is InChI=1S/C17H30O/c1-5-6-7-8-9-14-18-15-13-17(4)12-10-11-16(2)3/h5,11,13H,1,6-10,12,14-15H2,2-4H3/b17-13+. The number of hydrogen-bond acceptors (Lipinski definition) is 1. The molecule has 0 aliphatic heterocycles. The maximum Gasteiger partial charge on any atom is 0.0649 e. The van der Waals surface area contributed by atoms with Crippen molar-refractivity contribution < 1.29 is 4.74 Å². The summed E-state index contributed by atoms with van der Waals surface area (Å²) in [7, 11) is 0. The predicted molar refractivity (Wildman–Crippen MR) is 81.9 cm³/mol. The first-order chi connectivity index (χ1) is 8.66. The highest BCUT2D eigenvalue weighted by Crippen LogP contribution is 2.06. The minimum atomic E-state index is 0.766. The zero-order valence-corrected chi connectivity index (χ0v) is 12.5. The summed E-state index contributed by atoms with van der Waals surface area (Å²) in [4.78, 5) is 0. The molecule has 104 valence electrons. The van der Waals surface area contributed by atoms with E-state index in [1.54, 1.807) is 0 Å². The summed E-state index contributed by atoms with van der Waals surface area (Å²) in [6.45, 7) is 11.9.